The Kier molecular flexibility index (Phi) is 4.62. The third-order valence-electron chi connectivity index (χ3n) is 4.77. The fraction of sp³-hybridized carbons (Fsp3) is 0. The van der Waals surface area contributed by atoms with Crippen molar-refractivity contribution in [1.29, 1.82) is 0 Å². The van der Waals surface area contributed by atoms with E-state index in [0.717, 1.165) is 21.9 Å². The number of amides is 1. The highest BCUT2D eigenvalue weighted by atomic mass is 35.5. The number of hydrogen-bond acceptors (Lipinski definition) is 3. The molecule has 30 heavy (non-hydrogen) atoms. The summed E-state index contributed by atoms with van der Waals surface area (Å²) in [4.78, 5) is 24.9. The molecule has 1 amide bonds. The van der Waals surface area contributed by atoms with Gasteiger partial charge in [-0.1, -0.05) is 53.5 Å². The molecule has 2 heterocycles. The Hall–Kier alpha value is -3.41. The third kappa shape index (κ3) is 3.38. The van der Waals surface area contributed by atoms with Gasteiger partial charge in [-0.25, -0.2) is 9.97 Å². The van der Waals surface area contributed by atoms with E-state index in [1.54, 1.807) is 30.3 Å². The van der Waals surface area contributed by atoms with Crippen molar-refractivity contribution in [2.75, 3.05) is 5.32 Å². The maximum Gasteiger partial charge on any atom is 0.274 e. The molecule has 0 spiro atoms. The number of halogens is 2. The summed E-state index contributed by atoms with van der Waals surface area (Å²) >= 11 is 12.6. The Morgan fingerprint density at radius 1 is 0.833 bits per heavy atom. The van der Waals surface area contributed by atoms with Crippen molar-refractivity contribution < 1.29 is 4.79 Å². The second-order valence-electron chi connectivity index (χ2n) is 6.76. The van der Waals surface area contributed by atoms with E-state index in [-0.39, 0.29) is 5.91 Å². The van der Waals surface area contributed by atoms with Gasteiger partial charge in [-0.05, 0) is 42.5 Å². The molecule has 0 fully saturated rings. The quantitative estimate of drug-likeness (QED) is 0.349. The first kappa shape index (κ1) is 18.6. The molecular weight excluding hydrogens is 419 g/mol. The van der Waals surface area contributed by atoms with Gasteiger partial charge in [-0.15, -0.1) is 0 Å². The fourth-order valence-corrected chi connectivity index (χ4v) is 3.89. The van der Waals surface area contributed by atoms with Crippen LogP contribution in [0.1, 0.15) is 10.5 Å². The zero-order valence-electron chi connectivity index (χ0n) is 15.5. The summed E-state index contributed by atoms with van der Waals surface area (Å²) in [5.74, 6) is 0.286. The van der Waals surface area contributed by atoms with Gasteiger partial charge in [0.1, 0.15) is 11.5 Å². The highest BCUT2D eigenvalue weighted by molar-refractivity contribution is 6.39. The number of rotatable bonds is 3. The predicted molar refractivity (Wildman–Crippen MR) is 121 cm³/mol. The van der Waals surface area contributed by atoms with E-state index in [1.807, 2.05) is 42.5 Å². The molecule has 0 aliphatic rings. The van der Waals surface area contributed by atoms with E-state index in [9.17, 15) is 4.79 Å². The molecule has 5 nitrogen and oxygen atoms in total. The van der Waals surface area contributed by atoms with Crippen LogP contribution in [0.4, 0.5) is 5.69 Å². The number of aromatic nitrogens is 3. The van der Waals surface area contributed by atoms with Gasteiger partial charge in [-0.3, -0.25) is 4.79 Å². The van der Waals surface area contributed by atoms with Crippen LogP contribution in [0.3, 0.4) is 0 Å². The molecule has 3 aromatic carbocycles. The molecule has 2 N–H and O–H groups in total. The normalized spacial score (nSPS) is 11.1. The van der Waals surface area contributed by atoms with Crippen LogP contribution in [-0.4, -0.2) is 20.9 Å². The topological polar surface area (TPSA) is 70.7 Å². The first-order valence-electron chi connectivity index (χ1n) is 9.20. The summed E-state index contributed by atoms with van der Waals surface area (Å²) in [6.07, 6.45) is 0. The van der Waals surface area contributed by atoms with Gasteiger partial charge in [0, 0.05) is 11.1 Å². The number of nitrogens with zero attached hydrogens (tertiary/aromatic N) is 2. The lowest BCUT2D eigenvalue weighted by molar-refractivity contribution is 0.102. The zero-order chi connectivity index (χ0) is 20.7. The van der Waals surface area contributed by atoms with Gasteiger partial charge in [0.15, 0.2) is 0 Å². The summed E-state index contributed by atoms with van der Waals surface area (Å²) in [6, 6.07) is 22.0. The zero-order valence-corrected chi connectivity index (χ0v) is 17.0. The van der Waals surface area contributed by atoms with Crippen LogP contribution in [0.15, 0.2) is 72.8 Å². The number of nitrogens with one attached hydrogen (secondary N) is 2. The molecule has 5 aromatic rings. The van der Waals surface area contributed by atoms with Crippen molar-refractivity contribution in [3.8, 4) is 11.4 Å². The molecule has 0 aliphatic heterocycles. The highest BCUT2D eigenvalue weighted by Gasteiger charge is 2.14. The van der Waals surface area contributed by atoms with E-state index >= 15 is 0 Å². The second kappa shape index (κ2) is 7.44. The third-order valence-corrected chi connectivity index (χ3v) is 5.40. The Morgan fingerprint density at radius 2 is 1.63 bits per heavy atom. The second-order valence-corrected chi connectivity index (χ2v) is 7.57. The standard InChI is InChI=1S/C23H14Cl2N4O/c24-15-5-3-6-16(25)21(15)22-28-18-11-9-14(12-20(18)29-22)26-23(30)19-10-8-13-4-1-2-7-17(13)27-19/h1-12H,(H,26,30)(H,28,29). The average Bonchev–Trinajstić information content (AvgIpc) is 3.16. The molecule has 0 atom stereocenters. The van der Waals surface area contributed by atoms with Crippen molar-refractivity contribution in [1.82, 2.24) is 15.0 Å². The Labute approximate surface area is 181 Å². The minimum atomic E-state index is -0.283. The lowest BCUT2D eigenvalue weighted by Gasteiger charge is -2.06. The summed E-state index contributed by atoms with van der Waals surface area (Å²) in [7, 11) is 0. The van der Waals surface area contributed by atoms with Crippen molar-refractivity contribution in [3.05, 3.63) is 88.5 Å². The molecule has 0 saturated heterocycles. The molecular formula is C23H14Cl2N4O. The number of H-pyrrole nitrogens is 1. The van der Waals surface area contributed by atoms with Crippen LogP contribution in [0.5, 0.6) is 0 Å². The number of aromatic amines is 1. The number of carbonyl (C=O) groups excluding carboxylic acids is 1. The monoisotopic (exact) mass is 432 g/mol. The first-order valence-corrected chi connectivity index (χ1v) is 9.95. The smallest absolute Gasteiger partial charge is 0.274 e. The van der Waals surface area contributed by atoms with Gasteiger partial charge in [0.2, 0.25) is 0 Å². The molecule has 0 aliphatic carbocycles. The number of hydrogen-bond donors (Lipinski definition) is 2. The number of carbonyl (C=O) groups is 1. The van der Waals surface area contributed by atoms with Crippen molar-refractivity contribution >= 4 is 56.7 Å². The predicted octanol–water partition coefficient (Wildman–Crippen LogP) is 6.34. The van der Waals surface area contributed by atoms with Gasteiger partial charge >= 0.3 is 0 Å². The maximum absolute atomic E-state index is 12.7. The summed E-state index contributed by atoms with van der Waals surface area (Å²) in [5, 5.41) is 4.89. The molecule has 2 aromatic heterocycles. The van der Waals surface area contributed by atoms with Crippen LogP contribution in [0.2, 0.25) is 10.0 Å². The fourth-order valence-electron chi connectivity index (χ4n) is 3.32. The number of imidazole rings is 1. The van der Waals surface area contributed by atoms with Crippen LogP contribution < -0.4 is 5.32 Å². The van der Waals surface area contributed by atoms with Crippen molar-refractivity contribution in [2.45, 2.75) is 0 Å². The van der Waals surface area contributed by atoms with E-state index in [1.165, 1.54) is 0 Å². The number of pyridine rings is 1. The van der Waals surface area contributed by atoms with Gasteiger partial charge < -0.3 is 10.3 Å². The number of benzene rings is 3. The molecule has 7 heteroatoms. The summed E-state index contributed by atoms with van der Waals surface area (Å²) < 4.78 is 0. The molecule has 0 saturated carbocycles. The first-order chi connectivity index (χ1) is 14.6. The number of para-hydroxylation sites is 1. The van der Waals surface area contributed by atoms with Crippen LogP contribution in [0, 0.1) is 0 Å². The van der Waals surface area contributed by atoms with Gasteiger partial charge in [0.25, 0.3) is 5.91 Å². The largest absolute Gasteiger partial charge is 0.338 e. The summed E-state index contributed by atoms with van der Waals surface area (Å²) in [6.45, 7) is 0. The molecule has 0 unspecified atom stereocenters. The molecule has 146 valence electrons. The van der Waals surface area contributed by atoms with Crippen molar-refractivity contribution in [3.63, 3.8) is 0 Å². The Bertz CT molecular complexity index is 1410. The molecule has 0 bridgehead atoms. The van der Waals surface area contributed by atoms with E-state index < -0.39 is 0 Å². The van der Waals surface area contributed by atoms with Crippen LogP contribution in [0.25, 0.3) is 33.3 Å². The number of anilines is 1. The lowest BCUT2D eigenvalue weighted by atomic mass is 10.2. The van der Waals surface area contributed by atoms with E-state index in [2.05, 4.69) is 20.3 Å². The van der Waals surface area contributed by atoms with E-state index in [4.69, 9.17) is 23.2 Å². The van der Waals surface area contributed by atoms with E-state index in [0.29, 0.717) is 32.8 Å². The Balaban J connectivity index is 1.45. The number of fused-ring (bicyclic) bond motifs is 2. The van der Waals surface area contributed by atoms with Gasteiger partial charge in [0.05, 0.1) is 32.2 Å². The Morgan fingerprint density at radius 3 is 2.47 bits per heavy atom. The highest BCUT2D eigenvalue weighted by Crippen LogP contribution is 2.34. The maximum atomic E-state index is 12.7. The summed E-state index contributed by atoms with van der Waals surface area (Å²) in [5.41, 5.74) is 3.89. The van der Waals surface area contributed by atoms with Gasteiger partial charge in [-0.2, -0.15) is 0 Å². The SMILES string of the molecule is O=C(Nc1ccc2nc(-c3c(Cl)cccc3Cl)[nH]c2c1)c1ccc2ccccc2n1. The van der Waals surface area contributed by atoms with Crippen LogP contribution in [-0.2, 0) is 0 Å². The average molecular weight is 433 g/mol. The van der Waals surface area contributed by atoms with Crippen LogP contribution >= 0.6 is 23.2 Å². The molecule has 5 rings (SSSR count). The molecule has 0 radical (unpaired) electrons. The minimum absolute atomic E-state index is 0.283. The van der Waals surface area contributed by atoms with Crippen molar-refractivity contribution in [2.24, 2.45) is 0 Å². The lowest BCUT2D eigenvalue weighted by Crippen LogP contribution is -2.13. The minimum Gasteiger partial charge on any atom is -0.338 e.